The Kier molecular flexibility index (Phi) is 7.99. The van der Waals surface area contributed by atoms with Gasteiger partial charge < -0.3 is 15.0 Å². The highest BCUT2D eigenvalue weighted by Crippen LogP contribution is 2.29. The van der Waals surface area contributed by atoms with Gasteiger partial charge in [-0.3, -0.25) is 19.4 Å². The Labute approximate surface area is 199 Å². The Morgan fingerprint density at radius 1 is 1.09 bits per heavy atom. The molecule has 0 fully saturated rings. The molecule has 2 aromatic heterocycles. The van der Waals surface area contributed by atoms with Crippen molar-refractivity contribution in [3.05, 3.63) is 87.6 Å². The summed E-state index contributed by atoms with van der Waals surface area (Å²) in [4.78, 5) is 41.9. The summed E-state index contributed by atoms with van der Waals surface area (Å²) in [5, 5.41) is 12.4. The van der Waals surface area contributed by atoms with Crippen LogP contribution in [-0.4, -0.2) is 26.5 Å². The first-order valence-electron chi connectivity index (χ1n) is 11.4. The second kappa shape index (κ2) is 10.9. The molecule has 3 aromatic rings. The van der Waals surface area contributed by atoms with Gasteiger partial charge in [-0.1, -0.05) is 31.5 Å². The molecule has 0 saturated heterocycles. The molecule has 0 spiro atoms. The summed E-state index contributed by atoms with van der Waals surface area (Å²) in [6, 6.07) is 9.64. The average molecular weight is 462 g/mol. The maximum atomic E-state index is 13.3. The molecule has 2 atom stereocenters. The first kappa shape index (κ1) is 24.9. The number of rotatable bonds is 9. The van der Waals surface area contributed by atoms with E-state index in [4.69, 9.17) is 0 Å². The molecule has 0 radical (unpaired) electrons. The predicted octanol–water partition coefficient (Wildman–Crippen LogP) is 4.51. The summed E-state index contributed by atoms with van der Waals surface area (Å²) in [6.07, 6.45) is 5.78. The first-order valence-corrected chi connectivity index (χ1v) is 11.4. The Hall–Kier alpha value is -3.74. The molecule has 178 valence electrons. The standard InChI is InChI=1S/C27H31N3O4/c1-5-7-23(30-11-10-17(2)12-24(30)31)27(34)29-22(14-25(32)33)20-13-21(16-28-15-20)26-18(3)8-6-9-19(26)4/h6,8-13,15-16,22-23H,5,7,14H2,1-4H3,(H,29,34)(H,32,33)/t22-,23?/m0/s1. The number of carboxylic acid groups (broad SMARTS) is 1. The van der Waals surface area contributed by atoms with Crippen LogP contribution in [0.3, 0.4) is 0 Å². The molecule has 2 heterocycles. The summed E-state index contributed by atoms with van der Waals surface area (Å²) in [5.74, 6) is -1.43. The van der Waals surface area contributed by atoms with Gasteiger partial charge in [0.1, 0.15) is 6.04 Å². The SMILES string of the molecule is CCCC(C(=O)N[C@@H](CC(=O)O)c1cncc(-c2c(C)cccc2C)c1)n1ccc(C)cc1=O. The van der Waals surface area contributed by atoms with Gasteiger partial charge in [-0.2, -0.15) is 0 Å². The highest BCUT2D eigenvalue weighted by atomic mass is 16.4. The fourth-order valence-corrected chi connectivity index (χ4v) is 4.27. The number of amides is 1. The van der Waals surface area contributed by atoms with E-state index >= 15 is 0 Å². The van der Waals surface area contributed by atoms with Crippen molar-refractivity contribution >= 4 is 11.9 Å². The van der Waals surface area contributed by atoms with Crippen molar-refractivity contribution in [1.82, 2.24) is 14.9 Å². The molecule has 1 aromatic carbocycles. The smallest absolute Gasteiger partial charge is 0.305 e. The number of hydrogen-bond acceptors (Lipinski definition) is 4. The summed E-state index contributed by atoms with van der Waals surface area (Å²) in [7, 11) is 0. The lowest BCUT2D eigenvalue weighted by Crippen LogP contribution is -2.39. The van der Waals surface area contributed by atoms with Crippen LogP contribution in [0, 0.1) is 20.8 Å². The van der Waals surface area contributed by atoms with Crippen molar-refractivity contribution in [1.29, 1.82) is 0 Å². The number of aryl methyl sites for hydroxylation is 3. The van der Waals surface area contributed by atoms with Crippen LogP contribution in [0.1, 0.15) is 60.5 Å². The molecule has 7 nitrogen and oxygen atoms in total. The Morgan fingerprint density at radius 3 is 2.41 bits per heavy atom. The van der Waals surface area contributed by atoms with Gasteiger partial charge >= 0.3 is 5.97 Å². The molecule has 7 heteroatoms. The lowest BCUT2D eigenvalue weighted by atomic mass is 9.94. The number of carbonyl (C=O) groups is 2. The van der Waals surface area contributed by atoms with Crippen LogP contribution in [0.25, 0.3) is 11.1 Å². The van der Waals surface area contributed by atoms with Crippen LogP contribution < -0.4 is 10.9 Å². The number of hydrogen-bond donors (Lipinski definition) is 2. The van der Waals surface area contributed by atoms with E-state index in [9.17, 15) is 19.5 Å². The number of nitrogens with zero attached hydrogens (tertiary/aromatic N) is 2. The summed E-state index contributed by atoms with van der Waals surface area (Å²) in [6.45, 7) is 7.78. The van der Waals surface area contributed by atoms with E-state index in [0.29, 0.717) is 18.4 Å². The molecular formula is C27H31N3O4. The van der Waals surface area contributed by atoms with Crippen molar-refractivity contribution in [2.24, 2.45) is 0 Å². The molecule has 0 aliphatic rings. The molecular weight excluding hydrogens is 430 g/mol. The van der Waals surface area contributed by atoms with E-state index in [2.05, 4.69) is 10.3 Å². The molecule has 0 aliphatic carbocycles. The van der Waals surface area contributed by atoms with Crippen molar-refractivity contribution in [2.75, 3.05) is 0 Å². The van der Waals surface area contributed by atoms with Gasteiger partial charge in [0.15, 0.2) is 0 Å². The van der Waals surface area contributed by atoms with E-state index in [1.54, 1.807) is 24.7 Å². The summed E-state index contributed by atoms with van der Waals surface area (Å²) in [5.41, 5.74) is 5.21. The molecule has 34 heavy (non-hydrogen) atoms. The van der Waals surface area contributed by atoms with Crippen LogP contribution in [0.2, 0.25) is 0 Å². The predicted molar refractivity (Wildman–Crippen MR) is 132 cm³/mol. The Morgan fingerprint density at radius 2 is 1.79 bits per heavy atom. The van der Waals surface area contributed by atoms with Gasteiger partial charge in [-0.25, -0.2) is 0 Å². The van der Waals surface area contributed by atoms with Crippen molar-refractivity contribution in [3.8, 4) is 11.1 Å². The molecule has 3 rings (SSSR count). The number of carboxylic acids is 1. The van der Waals surface area contributed by atoms with Crippen molar-refractivity contribution in [2.45, 2.75) is 59.0 Å². The highest BCUT2D eigenvalue weighted by molar-refractivity contribution is 5.81. The minimum absolute atomic E-state index is 0.262. The highest BCUT2D eigenvalue weighted by Gasteiger charge is 2.26. The van der Waals surface area contributed by atoms with Crippen molar-refractivity contribution in [3.63, 3.8) is 0 Å². The summed E-state index contributed by atoms with van der Waals surface area (Å²) < 4.78 is 1.41. The molecule has 0 bridgehead atoms. The normalized spacial score (nSPS) is 12.7. The van der Waals surface area contributed by atoms with E-state index in [1.165, 1.54) is 10.6 Å². The monoisotopic (exact) mass is 461 g/mol. The maximum absolute atomic E-state index is 13.3. The number of benzene rings is 1. The second-order valence-corrected chi connectivity index (χ2v) is 8.69. The lowest BCUT2D eigenvalue weighted by molar-refractivity contribution is -0.138. The summed E-state index contributed by atoms with van der Waals surface area (Å²) >= 11 is 0. The minimum Gasteiger partial charge on any atom is -0.481 e. The largest absolute Gasteiger partial charge is 0.481 e. The number of pyridine rings is 2. The maximum Gasteiger partial charge on any atom is 0.305 e. The minimum atomic E-state index is -1.04. The fraction of sp³-hybridized carbons (Fsp3) is 0.333. The zero-order valence-corrected chi connectivity index (χ0v) is 20.0. The molecule has 1 amide bonds. The van der Waals surface area contributed by atoms with Gasteiger partial charge in [0.25, 0.3) is 5.56 Å². The number of aromatic nitrogens is 2. The van der Waals surface area contributed by atoms with Gasteiger partial charge in [0.05, 0.1) is 12.5 Å². The lowest BCUT2D eigenvalue weighted by Gasteiger charge is -2.24. The van der Waals surface area contributed by atoms with Gasteiger partial charge in [-0.05, 0) is 67.1 Å². The number of aliphatic carboxylic acids is 1. The van der Waals surface area contributed by atoms with Gasteiger partial charge in [0, 0.05) is 30.2 Å². The fourth-order valence-electron chi connectivity index (χ4n) is 4.27. The second-order valence-electron chi connectivity index (χ2n) is 8.69. The van der Waals surface area contributed by atoms with E-state index < -0.39 is 24.0 Å². The van der Waals surface area contributed by atoms with Crippen LogP contribution in [0.15, 0.2) is 59.8 Å². The first-order chi connectivity index (χ1) is 16.2. The zero-order valence-electron chi connectivity index (χ0n) is 20.0. The van der Waals surface area contributed by atoms with Gasteiger partial charge in [-0.15, -0.1) is 0 Å². The number of nitrogens with one attached hydrogen (secondary N) is 1. The quantitative estimate of drug-likeness (QED) is 0.488. The van der Waals surface area contributed by atoms with Crippen molar-refractivity contribution < 1.29 is 14.7 Å². The zero-order chi connectivity index (χ0) is 24.8. The van der Waals surface area contributed by atoms with E-state index in [1.807, 2.05) is 52.0 Å². The Bertz CT molecular complexity index is 1230. The van der Waals surface area contributed by atoms with Crippen LogP contribution in [0.4, 0.5) is 0 Å². The van der Waals surface area contributed by atoms with E-state index in [0.717, 1.165) is 27.8 Å². The Balaban J connectivity index is 1.96. The molecule has 0 aliphatic heterocycles. The third-order valence-corrected chi connectivity index (χ3v) is 5.93. The van der Waals surface area contributed by atoms with Gasteiger partial charge in [0.2, 0.25) is 5.91 Å². The number of carbonyl (C=O) groups excluding carboxylic acids is 1. The third kappa shape index (κ3) is 5.78. The topological polar surface area (TPSA) is 101 Å². The van der Waals surface area contributed by atoms with E-state index in [-0.39, 0.29) is 12.0 Å². The molecule has 2 N–H and O–H groups in total. The van der Waals surface area contributed by atoms with Crippen LogP contribution >= 0.6 is 0 Å². The van der Waals surface area contributed by atoms with Crippen LogP contribution in [0.5, 0.6) is 0 Å². The average Bonchev–Trinajstić information content (AvgIpc) is 2.77. The van der Waals surface area contributed by atoms with Crippen LogP contribution in [-0.2, 0) is 9.59 Å². The molecule has 0 saturated carbocycles. The molecule has 1 unspecified atom stereocenters. The third-order valence-electron chi connectivity index (χ3n) is 5.93.